The topological polar surface area (TPSA) is 63.4 Å². The lowest BCUT2D eigenvalue weighted by molar-refractivity contribution is -0.119. The van der Waals surface area contributed by atoms with Crippen LogP contribution in [0.2, 0.25) is 0 Å². The Morgan fingerprint density at radius 1 is 0.697 bits per heavy atom. The lowest BCUT2D eigenvalue weighted by Gasteiger charge is -2.12. The first-order valence-electron chi connectivity index (χ1n) is 12.5. The summed E-state index contributed by atoms with van der Waals surface area (Å²) in [6, 6.07) is 18.2. The van der Waals surface area contributed by atoms with E-state index in [9.17, 15) is 9.59 Å². The molecule has 0 unspecified atom stereocenters. The Labute approximate surface area is 201 Å². The molecule has 2 aromatic carbocycles. The molecule has 0 aliphatic rings. The van der Waals surface area contributed by atoms with Gasteiger partial charge in [-0.25, -0.2) is 0 Å². The van der Waals surface area contributed by atoms with Crippen molar-refractivity contribution in [2.24, 2.45) is 5.73 Å². The number of ketones is 2. The van der Waals surface area contributed by atoms with Gasteiger partial charge in [-0.3, -0.25) is 9.59 Å². The number of hydrogen-bond donors (Lipinski definition) is 1. The molecule has 0 heterocycles. The largest absolute Gasteiger partial charge is 0.378 e. The van der Waals surface area contributed by atoms with Crippen molar-refractivity contribution < 1.29 is 9.59 Å². The molecule has 182 valence electrons. The number of anilines is 1. The zero-order chi connectivity index (χ0) is 24.3. The molecule has 2 aromatic rings. The van der Waals surface area contributed by atoms with Crippen molar-refractivity contribution in [3.05, 3.63) is 65.7 Å². The van der Waals surface area contributed by atoms with E-state index in [1.54, 1.807) is 0 Å². The summed E-state index contributed by atoms with van der Waals surface area (Å²) in [6.45, 7) is 2.91. The van der Waals surface area contributed by atoms with Crippen LogP contribution in [0.1, 0.15) is 75.8 Å². The number of benzene rings is 2. The monoisotopic (exact) mass is 452 g/mol. The third-order valence-electron chi connectivity index (χ3n) is 5.57. The van der Waals surface area contributed by atoms with Gasteiger partial charge in [0.05, 0.1) is 0 Å². The molecule has 0 atom stereocenters. The Balaban J connectivity index is 0.000000335. The molecule has 0 saturated heterocycles. The van der Waals surface area contributed by atoms with Gasteiger partial charge in [-0.05, 0) is 49.1 Å². The second kappa shape index (κ2) is 18.0. The van der Waals surface area contributed by atoms with E-state index in [0.29, 0.717) is 30.8 Å². The molecule has 0 radical (unpaired) electrons. The first kappa shape index (κ1) is 28.6. The number of carbonyl (C=O) groups excluding carboxylic acids is 2. The molecule has 4 nitrogen and oxygen atoms in total. The third-order valence-corrected chi connectivity index (χ3v) is 5.57. The van der Waals surface area contributed by atoms with Crippen LogP contribution in [-0.4, -0.2) is 32.2 Å². The van der Waals surface area contributed by atoms with E-state index in [1.165, 1.54) is 19.3 Å². The molecule has 0 bridgehead atoms. The van der Waals surface area contributed by atoms with Crippen LogP contribution in [-0.2, 0) is 22.4 Å². The fourth-order valence-electron chi connectivity index (χ4n) is 3.53. The standard InChI is InChI=1S/C15H24N2O.C14H20O/c1-17(2)14-9-7-13(8-10-14)12-15(18)6-4-3-5-11-16;1-2-3-4-8-11-14(15)12-13-9-6-5-7-10-13/h7-10H,3-6,11-12,16H2,1-2H3;5-7,9-10H,2-4,8,11-12H2,1H3. The second-order valence-electron chi connectivity index (χ2n) is 8.89. The van der Waals surface area contributed by atoms with Gasteiger partial charge in [-0.2, -0.15) is 0 Å². The lowest BCUT2D eigenvalue weighted by Crippen LogP contribution is -2.08. The number of nitrogens with two attached hydrogens (primary N) is 1. The highest BCUT2D eigenvalue weighted by atomic mass is 16.1. The van der Waals surface area contributed by atoms with E-state index in [0.717, 1.165) is 55.5 Å². The SMILES string of the molecule is CCCCCCC(=O)Cc1ccccc1.CN(C)c1ccc(CC(=O)CCCCCN)cc1. The minimum absolute atomic E-state index is 0.324. The van der Waals surface area contributed by atoms with E-state index in [1.807, 2.05) is 56.6 Å². The summed E-state index contributed by atoms with van der Waals surface area (Å²) in [6.07, 6.45) is 10.3. The predicted octanol–water partition coefficient (Wildman–Crippen LogP) is 6.15. The van der Waals surface area contributed by atoms with Crippen LogP contribution in [0, 0.1) is 0 Å². The summed E-state index contributed by atoms with van der Waals surface area (Å²) in [5.41, 5.74) is 8.82. The lowest BCUT2D eigenvalue weighted by atomic mass is 10.0. The predicted molar refractivity (Wildman–Crippen MR) is 141 cm³/mol. The van der Waals surface area contributed by atoms with Crippen molar-refractivity contribution in [2.75, 3.05) is 25.5 Å². The number of Topliss-reactive ketones (excluding diaryl/α,β-unsaturated/α-hetero) is 2. The summed E-state index contributed by atoms with van der Waals surface area (Å²) in [5, 5.41) is 0. The van der Waals surface area contributed by atoms with E-state index < -0.39 is 0 Å². The van der Waals surface area contributed by atoms with Crippen molar-refractivity contribution in [2.45, 2.75) is 77.6 Å². The van der Waals surface area contributed by atoms with Crippen molar-refractivity contribution in [3.8, 4) is 0 Å². The number of hydrogen-bond acceptors (Lipinski definition) is 4. The fourth-order valence-corrected chi connectivity index (χ4v) is 3.53. The minimum atomic E-state index is 0.324. The molecule has 4 heteroatoms. The van der Waals surface area contributed by atoms with Crippen LogP contribution >= 0.6 is 0 Å². The summed E-state index contributed by atoms with van der Waals surface area (Å²) in [5.74, 6) is 0.696. The molecule has 0 fully saturated rings. The van der Waals surface area contributed by atoms with Crippen molar-refractivity contribution >= 4 is 17.3 Å². The van der Waals surface area contributed by atoms with Gasteiger partial charge in [-0.15, -0.1) is 0 Å². The van der Waals surface area contributed by atoms with Crippen molar-refractivity contribution in [1.29, 1.82) is 0 Å². The molecule has 33 heavy (non-hydrogen) atoms. The maximum atomic E-state index is 11.8. The van der Waals surface area contributed by atoms with Gasteiger partial charge in [0.1, 0.15) is 11.6 Å². The van der Waals surface area contributed by atoms with Crippen LogP contribution in [0.3, 0.4) is 0 Å². The van der Waals surface area contributed by atoms with Gasteiger partial charge in [0.25, 0.3) is 0 Å². The van der Waals surface area contributed by atoms with Gasteiger partial charge in [0, 0.05) is 45.5 Å². The first-order chi connectivity index (χ1) is 16.0. The van der Waals surface area contributed by atoms with Crippen molar-refractivity contribution in [3.63, 3.8) is 0 Å². The Morgan fingerprint density at radius 3 is 1.70 bits per heavy atom. The van der Waals surface area contributed by atoms with E-state index in [4.69, 9.17) is 5.73 Å². The van der Waals surface area contributed by atoms with Gasteiger partial charge in [0.15, 0.2) is 0 Å². The summed E-state index contributed by atoms with van der Waals surface area (Å²) in [7, 11) is 4.02. The average molecular weight is 453 g/mol. The molecule has 0 spiro atoms. The summed E-state index contributed by atoms with van der Waals surface area (Å²) >= 11 is 0. The Hall–Kier alpha value is -2.46. The molecule has 0 amide bonds. The quantitative estimate of drug-likeness (QED) is 0.329. The van der Waals surface area contributed by atoms with Crippen molar-refractivity contribution in [1.82, 2.24) is 0 Å². The molecular formula is C29H44N2O2. The van der Waals surface area contributed by atoms with E-state index in [-0.39, 0.29) is 0 Å². The smallest absolute Gasteiger partial charge is 0.137 e. The highest BCUT2D eigenvalue weighted by molar-refractivity contribution is 5.81. The molecule has 0 aliphatic heterocycles. The molecular weight excluding hydrogens is 408 g/mol. The maximum absolute atomic E-state index is 11.8. The van der Waals surface area contributed by atoms with Gasteiger partial charge < -0.3 is 10.6 Å². The highest BCUT2D eigenvalue weighted by Crippen LogP contribution is 2.13. The maximum Gasteiger partial charge on any atom is 0.137 e. The molecule has 2 rings (SSSR count). The van der Waals surface area contributed by atoms with E-state index >= 15 is 0 Å². The minimum Gasteiger partial charge on any atom is -0.378 e. The zero-order valence-corrected chi connectivity index (χ0v) is 21.0. The third kappa shape index (κ3) is 14.3. The molecule has 0 saturated carbocycles. The molecule has 0 aromatic heterocycles. The van der Waals surface area contributed by atoms with Crippen LogP contribution < -0.4 is 10.6 Å². The number of unbranched alkanes of at least 4 members (excludes halogenated alkanes) is 5. The van der Waals surface area contributed by atoms with Gasteiger partial charge in [0.2, 0.25) is 0 Å². The Bertz CT molecular complexity index is 770. The van der Waals surface area contributed by atoms with Crippen LogP contribution in [0.25, 0.3) is 0 Å². The fraction of sp³-hybridized carbons (Fsp3) is 0.517. The highest BCUT2D eigenvalue weighted by Gasteiger charge is 2.04. The number of rotatable bonds is 15. The number of carbonyl (C=O) groups is 2. The first-order valence-corrected chi connectivity index (χ1v) is 12.5. The Morgan fingerprint density at radius 2 is 1.21 bits per heavy atom. The average Bonchev–Trinajstić information content (AvgIpc) is 2.81. The van der Waals surface area contributed by atoms with E-state index in [2.05, 4.69) is 24.0 Å². The van der Waals surface area contributed by atoms with Crippen LogP contribution in [0.4, 0.5) is 5.69 Å². The molecule has 0 aliphatic carbocycles. The van der Waals surface area contributed by atoms with Crippen LogP contribution in [0.15, 0.2) is 54.6 Å². The van der Waals surface area contributed by atoms with Crippen LogP contribution in [0.5, 0.6) is 0 Å². The zero-order valence-electron chi connectivity index (χ0n) is 21.0. The molecule has 2 N–H and O–H groups in total. The number of nitrogens with zero attached hydrogens (tertiary/aromatic N) is 1. The second-order valence-corrected chi connectivity index (χ2v) is 8.89. The normalized spacial score (nSPS) is 10.3. The summed E-state index contributed by atoms with van der Waals surface area (Å²) in [4.78, 5) is 25.4. The van der Waals surface area contributed by atoms with Gasteiger partial charge in [-0.1, -0.05) is 75.1 Å². The Kier molecular flexibility index (Phi) is 15.6. The summed E-state index contributed by atoms with van der Waals surface area (Å²) < 4.78 is 0. The van der Waals surface area contributed by atoms with Gasteiger partial charge >= 0.3 is 0 Å².